The van der Waals surface area contributed by atoms with Crippen LogP contribution in [0.15, 0.2) is 53.7 Å². The third kappa shape index (κ3) is 4.15. The molecule has 18 heavy (non-hydrogen) atoms. The van der Waals surface area contributed by atoms with Crippen LogP contribution in [0.25, 0.3) is 0 Å². The minimum Gasteiger partial charge on any atom is -0.506 e. The van der Waals surface area contributed by atoms with Crippen LogP contribution in [0.5, 0.6) is 5.75 Å². The first-order chi connectivity index (χ1) is 8.43. The maximum absolute atomic E-state index is 10.6. The summed E-state index contributed by atoms with van der Waals surface area (Å²) in [6.45, 7) is 1.55. The highest BCUT2D eigenvalue weighted by Crippen LogP contribution is 2.25. The lowest BCUT2D eigenvalue weighted by Crippen LogP contribution is -1.98. The number of phenols is 1. The summed E-state index contributed by atoms with van der Waals surface area (Å²) in [6.07, 6.45) is 3.50. The van der Waals surface area contributed by atoms with E-state index in [0.717, 1.165) is 6.07 Å². The first-order valence-electron chi connectivity index (χ1n) is 5.04. The number of para-hydroxylation sites is 1. The number of nitrogens with zero attached hydrogens (tertiary/aromatic N) is 1. The van der Waals surface area contributed by atoms with Crippen molar-refractivity contribution in [1.29, 1.82) is 0 Å². The number of rotatable bonds is 1. The molecular formula is C12H13NO4S. The van der Waals surface area contributed by atoms with E-state index >= 15 is 0 Å². The standard InChI is InChI=1S/C7H8O4S.C5H5N/c1-5-3-2-4-6(7(5)8)12(9,10)11;1-2-4-6-5-3-1/h2-4,8H,1H3,(H,9,10,11);1-5H. The Hall–Kier alpha value is -1.92. The molecule has 0 atom stereocenters. The van der Waals surface area contributed by atoms with Gasteiger partial charge in [-0.3, -0.25) is 9.54 Å². The summed E-state index contributed by atoms with van der Waals surface area (Å²) in [5.41, 5.74) is 0.408. The van der Waals surface area contributed by atoms with E-state index < -0.39 is 20.8 Å². The molecule has 0 aliphatic heterocycles. The van der Waals surface area contributed by atoms with Gasteiger partial charge in [-0.15, -0.1) is 0 Å². The largest absolute Gasteiger partial charge is 0.506 e. The zero-order valence-electron chi connectivity index (χ0n) is 9.69. The van der Waals surface area contributed by atoms with Crippen LogP contribution in [0.3, 0.4) is 0 Å². The lowest BCUT2D eigenvalue weighted by Gasteiger charge is -2.02. The van der Waals surface area contributed by atoms with Crippen LogP contribution in [0.2, 0.25) is 0 Å². The molecule has 6 heteroatoms. The zero-order chi connectivity index (χ0) is 13.6. The van der Waals surface area contributed by atoms with Gasteiger partial charge in [-0.25, -0.2) is 0 Å². The Bertz CT molecular complexity index is 570. The molecule has 0 saturated carbocycles. The molecule has 0 amide bonds. The van der Waals surface area contributed by atoms with E-state index in [2.05, 4.69) is 4.98 Å². The summed E-state index contributed by atoms with van der Waals surface area (Å²) >= 11 is 0. The van der Waals surface area contributed by atoms with Gasteiger partial charge in [0.05, 0.1) is 0 Å². The monoisotopic (exact) mass is 267 g/mol. The van der Waals surface area contributed by atoms with E-state index in [0.29, 0.717) is 5.56 Å². The van der Waals surface area contributed by atoms with Gasteiger partial charge in [-0.1, -0.05) is 18.2 Å². The van der Waals surface area contributed by atoms with Crippen molar-refractivity contribution in [3.8, 4) is 5.75 Å². The van der Waals surface area contributed by atoms with E-state index in [-0.39, 0.29) is 0 Å². The second kappa shape index (κ2) is 6.13. The fourth-order valence-electron chi connectivity index (χ4n) is 1.15. The number of pyridine rings is 1. The third-order valence-corrected chi connectivity index (χ3v) is 2.93. The molecule has 0 aliphatic carbocycles. The number of aromatic nitrogens is 1. The summed E-state index contributed by atoms with van der Waals surface area (Å²) in [6, 6.07) is 9.84. The summed E-state index contributed by atoms with van der Waals surface area (Å²) in [5.74, 6) is -0.403. The molecule has 2 rings (SSSR count). The molecule has 0 aliphatic rings. The summed E-state index contributed by atoms with van der Waals surface area (Å²) in [4.78, 5) is 3.33. The molecule has 5 nitrogen and oxygen atoms in total. The number of aromatic hydroxyl groups is 1. The van der Waals surface area contributed by atoms with Crippen LogP contribution >= 0.6 is 0 Å². The fraction of sp³-hybridized carbons (Fsp3) is 0.0833. The predicted octanol–water partition coefficient (Wildman–Crippen LogP) is 2.03. The van der Waals surface area contributed by atoms with Crippen LogP contribution in [0.4, 0.5) is 0 Å². The van der Waals surface area contributed by atoms with Crippen LogP contribution in [-0.2, 0) is 10.1 Å². The van der Waals surface area contributed by atoms with E-state index in [4.69, 9.17) is 4.55 Å². The van der Waals surface area contributed by atoms with E-state index in [1.54, 1.807) is 25.4 Å². The molecule has 2 N–H and O–H groups in total. The van der Waals surface area contributed by atoms with Crippen molar-refractivity contribution in [3.05, 3.63) is 54.4 Å². The smallest absolute Gasteiger partial charge is 0.298 e. The predicted molar refractivity (Wildman–Crippen MR) is 66.9 cm³/mol. The van der Waals surface area contributed by atoms with Gasteiger partial charge in [0.15, 0.2) is 0 Å². The van der Waals surface area contributed by atoms with Crippen LogP contribution < -0.4 is 0 Å². The molecule has 96 valence electrons. The summed E-state index contributed by atoms with van der Waals surface area (Å²) in [5, 5.41) is 9.19. The average molecular weight is 267 g/mol. The molecular weight excluding hydrogens is 254 g/mol. The Kier molecular flexibility index (Phi) is 4.82. The van der Waals surface area contributed by atoms with Gasteiger partial charge in [0.2, 0.25) is 0 Å². The molecule has 1 aromatic carbocycles. The maximum atomic E-state index is 10.6. The fourth-order valence-corrected chi connectivity index (χ4v) is 1.81. The van der Waals surface area contributed by atoms with Gasteiger partial charge < -0.3 is 5.11 Å². The highest BCUT2D eigenvalue weighted by molar-refractivity contribution is 7.86. The van der Waals surface area contributed by atoms with Crippen LogP contribution in [0.1, 0.15) is 5.56 Å². The Morgan fingerprint density at radius 3 is 2.00 bits per heavy atom. The van der Waals surface area contributed by atoms with E-state index in [1.807, 2.05) is 18.2 Å². The molecule has 0 saturated heterocycles. The normalized spacial score (nSPS) is 10.3. The van der Waals surface area contributed by atoms with E-state index in [9.17, 15) is 13.5 Å². The van der Waals surface area contributed by atoms with Gasteiger partial charge in [-0.05, 0) is 30.7 Å². The number of phenolic OH excluding ortho intramolecular Hbond substituents is 1. The van der Waals surface area contributed by atoms with Gasteiger partial charge in [0, 0.05) is 12.4 Å². The molecule has 0 bridgehead atoms. The SMILES string of the molecule is Cc1cccc(S(=O)(=O)O)c1O.c1ccncc1. The second-order valence-corrected chi connectivity index (χ2v) is 4.81. The van der Waals surface area contributed by atoms with Crippen molar-refractivity contribution in [1.82, 2.24) is 4.98 Å². The number of benzene rings is 1. The second-order valence-electron chi connectivity index (χ2n) is 3.42. The molecule has 0 unspecified atom stereocenters. The zero-order valence-corrected chi connectivity index (χ0v) is 10.5. The van der Waals surface area contributed by atoms with Crippen molar-refractivity contribution in [2.45, 2.75) is 11.8 Å². The van der Waals surface area contributed by atoms with Crippen LogP contribution in [0, 0.1) is 6.92 Å². The van der Waals surface area contributed by atoms with Crippen molar-refractivity contribution in [3.63, 3.8) is 0 Å². The minimum absolute atomic E-state index is 0.403. The molecule has 0 radical (unpaired) electrons. The number of hydrogen-bond acceptors (Lipinski definition) is 4. The Morgan fingerprint density at radius 1 is 1.06 bits per heavy atom. The quantitative estimate of drug-likeness (QED) is 0.772. The molecule has 1 heterocycles. The maximum Gasteiger partial charge on any atom is 0.298 e. The molecule has 1 aromatic heterocycles. The van der Waals surface area contributed by atoms with Crippen molar-refractivity contribution < 1.29 is 18.1 Å². The van der Waals surface area contributed by atoms with Crippen molar-refractivity contribution in [2.75, 3.05) is 0 Å². The van der Waals surface area contributed by atoms with Gasteiger partial charge >= 0.3 is 0 Å². The Labute approximate surface area is 106 Å². The first kappa shape index (κ1) is 14.1. The highest BCUT2D eigenvalue weighted by Gasteiger charge is 2.15. The third-order valence-electron chi connectivity index (χ3n) is 2.05. The lowest BCUT2D eigenvalue weighted by molar-refractivity contribution is 0.440. The average Bonchev–Trinajstić information content (AvgIpc) is 2.34. The van der Waals surface area contributed by atoms with Gasteiger partial charge in [-0.2, -0.15) is 8.42 Å². The highest BCUT2D eigenvalue weighted by atomic mass is 32.2. The number of hydrogen-bond donors (Lipinski definition) is 2. The summed E-state index contributed by atoms with van der Waals surface area (Å²) in [7, 11) is -4.31. The van der Waals surface area contributed by atoms with E-state index in [1.165, 1.54) is 6.07 Å². The first-order valence-corrected chi connectivity index (χ1v) is 6.48. The Morgan fingerprint density at radius 2 is 1.67 bits per heavy atom. The van der Waals surface area contributed by atoms with Crippen LogP contribution in [-0.4, -0.2) is 23.1 Å². The molecule has 0 fully saturated rings. The minimum atomic E-state index is -4.31. The summed E-state index contributed by atoms with van der Waals surface area (Å²) < 4.78 is 29.8. The Balaban J connectivity index is 0.000000225. The molecule has 0 spiro atoms. The van der Waals surface area contributed by atoms with Gasteiger partial charge in [0.1, 0.15) is 10.6 Å². The van der Waals surface area contributed by atoms with Gasteiger partial charge in [0.25, 0.3) is 10.1 Å². The topological polar surface area (TPSA) is 87.5 Å². The molecule has 2 aromatic rings. The van der Waals surface area contributed by atoms with Crippen molar-refractivity contribution >= 4 is 10.1 Å². The number of aryl methyl sites for hydroxylation is 1. The lowest BCUT2D eigenvalue weighted by atomic mass is 10.2. The van der Waals surface area contributed by atoms with Crippen molar-refractivity contribution in [2.24, 2.45) is 0 Å².